The number of benzene rings is 2. The molecule has 0 aliphatic carbocycles. The smallest absolute Gasteiger partial charge is 0.254 e. The Hall–Kier alpha value is -2.76. The van der Waals surface area contributed by atoms with Crippen molar-refractivity contribution in [3.05, 3.63) is 80.1 Å². The maximum Gasteiger partial charge on any atom is 0.254 e. The molecule has 6 nitrogen and oxygen atoms in total. The molecule has 3 aromatic rings. The molecule has 3 rings (SSSR count). The second-order valence-electron chi connectivity index (χ2n) is 6.26. The first-order chi connectivity index (χ1) is 12.5. The number of fused-ring (bicyclic) bond motifs is 1. The fourth-order valence-electron chi connectivity index (χ4n) is 2.78. The van der Waals surface area contributed by atoms with Crippen LogP contribution >= 0.6 is 11.8 Å². The minimum atomic E-state index is -0.654. The van der Waals surface area contributed by atoms with Crippen LogP contribution in [-0.4, -0.2) is 15.2 Å². The molecule has 7 heteroatoms. The predicted octanol–water partition coefficient (Wildman–Crippen LogP) is 5.13. The first-order valence-electron chi connectivity index (χ1n) is 8.30. The van der Waals surface area contributed by atoms with E-state index in [0.29, 0.717) is 16.4 Å². The zero-order chi connectivity index (χ0) is 18.7. The van der Waals surface area contributed by atoms with E-state index in [2.05, 4.69) is 20.0 Å². The lowest BCUT2D eigenvalue weighted by atomic mass is 9.98. The zero-order valence-corrected chi connectivity index (χ0v) is 15.6. The van der Waals surface area contributed by atoms with Gasteiger partial charge in [0.2, 0.25) is 0 Å². The van der Waals surface area contributed by atoms with Gasteiger partial charge in [-0.2, -0.15) is 0 Å². The van der Waals surface area contributed by atoms with E-state index in [0.717, 1.165) is 16.3 Å². The van der Waals surface area contributed by atoms with Gasteiger partial charge in [0.15, 0.2) is 5.16 Å². The van der Waals surface area contributed by atoms with Crippen molar-refractivity contribution in [2.75, 3.05) is 0 Å². The molecule has 26 heavy (non-hydrogen) atoms. The minimum Gasteiger partial charge on any atom is -0.301 e. The Morgan fingerprint density at radius 1 is 1.19 bits per heavy atom. The van der Waals surface area contributed by atoms with Crippen LogP contribution in [0, 0.1) is 6.92 Å². The van der Waals surface area contributed by atoms with Gasteiger partial charge >= 0.3 is 0 Å². The highest BCUT2D eigenvalue weighted by Gasteiger charge is 2.20. The fraction of sp³-hybridized carbons (Fsp3) is 0.263. The third-order valence-electron chi connectivity index (χ3n) is 4.03. The molecule has 1 heterocycles. The third kappa shape index (κ3) is 3.74. The Kier molecular flexibility index (Phi) is 5.30. The van der Waals surface area contributed by atoms with Gasteiger partial charge in [-0.1, -0.05) is 73.2 Å². The van der Waals surface area contributed by atoms with E-state index in [1.807, 2.05) is 56.3 Å². The van der Waals surface area contributed by atoms with Crippen LogP contribution in [0.5, 0.6) is 0 Å². The number of hydrogen-bond donors (Lipinski definition) is 1. The van der Waals surface area contributed by atoms with Gasteiger partial charge in [-0.15, -0.1) is 0 Å². The number of rotatable bonds is 5. The SMILES string of the molecule is Cc1c(C(N=[N+]=[N-])c2ccc3ccccc3c2)nc(SC(C)C)[nH]c1=O. The maximum absolute atomic E-state index is 12.4. The highest BCUT2D eigenvalue weighted by Crippen LogP contribution is 2.30. The summed E-state index contributed by atoms with van der Waals surface area (Å²) in [6.07, 6.45) is 0. The number of azide groups is 1. The van der Waals surface area contributed by atoms with E-state index >= 15 is 0 Å². The van der Waals surface area contributed by atoms with Crippen LogP contribution in [0.4, 0.5) is 0 Å². The number of aromatic amines is 1. The Balaban J connectivity index is 2.16. The molecular weight excluding hydrogens is 346 g/mol. The van der Waals surface area contributed by atoms with Crippen molar-refractivity contribution in [3.63, 3.8) is 0 Å². The summed E-state index contributed by atoms with van der Waals surface area (Å²) < 4.78 is 0. The van der Waals surface area contributed by atoms with Crippen LogP contribution in [0.1, 0.15) is 36.7 Å². The molecule has 0 aliphatic rings. The first kappa shape index (κ1) is 18.0. The lowest BCUT2D eigenvalue weighted by Gasteiger charge is -2.15. The van der Waals surface area contributed by atoms with Gasteiger partial charge in [-0.25, -0.2) is 4.98 Å². The van der Waals surface area contributed by atoms with Crippen LogP contribution in [0.3, 0.4) is 0 Å². The predicted molar refractivity (Wildman–Crippen MR) is 106 cm³/mol. The Morgan fingerprint density at radius 3 is 2.62 bits per heavy atom. The first-order valence-corrected chi connectivity index (χ1v) is 9.18. The van der Waals surface area contributed by atoms with E-state index < -0.39 is 6.04 Å². The monoisotopic (exact) mass is 365 g/mol. The number of nitrogens with zero attached hydrogens (tertiary/aromatic N) is 4. The Bertz CT molecular complexity index is 1050. The van der Waals surface area contributed by atoms with Gasteiger partial charge < -0.3 is 4.98 Å². The van der Waals surface area contributed by atoms with Crippen molar-refractivity contribution in [2.45, 2.75) is 37.2 Å². The van der Waals surface area contributed by atoms with Crippen molar-refractivity contribution in [2.24, 2.45) is 5.11 Å². The third-order valence-corrected chi connectivity index (χ3v) is 4.92. The van der Waals surface area contributed by atoms with Crippen molar-refractivity contribution < 1.29 is 0 Å². The molecule has 0 saturated carbocycles. The van der Waals surface area contributed by atoms with E-state index in [1.165, 1.54) is 11.8 Å². The summed E-state index contributed by atoms with van der Waals surface area (Å²) in [5.41, 5.74) is 10.6. The normalized spacial score (nSPS) is 12.2. The molecule has 0 radical (unpaired) electrons. The molecule has 2 aromatic carbocycles. The van der Waals surface area contributed by atoms with Crippen LogP contribution in [-0.2, 0) is 0 Å². The summed E-state index contributed by atoms with van der Waals surface area (Å²) in [6, 6.07) is 13.2. The summed E-state index contributed by atoms with van der Waals surface area (Å²) in [5, 5.41) is 6.90. The van der Waals surface area contributed by atoms with Crippen LogP contribution in [0.2, 0.25) is 0 Å². The summed E-state index contributed by atoms with van der Waals surface area (Å²) in [4.78, 5) is 22.7. The molecule has 0 amide bonds. The van der Waals surface area contributed by atoms with E-state index in [-0.39, 0.29) is 10.8 Å². The van der Waals surface area contributed by atoms with E-state index in [4.69, 9.17) is 5.53 Å². The molecule has 0 saturated heterocycles. The van der Waals surface area contributed by atoms with Crippen LogP contribution < -0.4 is 5.56 Å². The number of aromatic nitrogens is 2. The van der Waals surface area contributed by atoms with Crippen molar-refractivity contribution in [1.29, 1.82) is 0 Å². The Morgan fingerprint density at radius 2 is 1.92 bits per heavy atom. The van der Waals surface area contributed by atoms with Gasteiger partial charge in [-0.05, 0) is 28.8 Å². The maximum atomic E-state index is 12.4. The standard InChI is InChI=1S/C19H19N5OS/c1-11(2)26-19-21-16(12(3)18(25)22-19)17(23-24-20)15-9-8-13-6-4-5-7-14(13)10-15/h4-11,17H,1-3H3,(H,21,22,25). The topological polar surface area (TPSA) is 94.5 Å². The molecule has 132 valence electrons. The van der Waals surface area contributed by atoms with E-state index in [1.54, 1.807) is 6.92 Å². The van der Waals surface area contributed by atoms with Gasteiger partial charge in [0.1, 0.15) is 6.04 Å². The molecule has 0 spiro atoms. The lowest BCUT2D eigenvalue weighted by molar-refractivity contribution is 0.755. The van der Waals surface area contributed by atoms with Crippen molar-refractivity contribution >= 4 is 22.5 Å². The van der Waals surface area contributed by atoms with Gasteiger partial charge in [0.05, 0.1) is 5.69 Å². The molecule has 1 atom stereocenters. The van der Waals surface area contributed by atoms with Gasteiger partial charge in [0.25, 0.3) is 5.56 Å². The van der Waals surface area contributed by atoms with Crippen LogP contribution in [0.25, 0.3) is 21.2 Å². The van der Waals surface area contributed by atoms with Gasteiger partial charge in [-0.3, -0.25) is 4.79 Å². The highest BCUT2D eigenvalue weighted by atomic mass is 32.2. The number of H-pyrrole nitrogens is 1. The highest BCUT2D eigenvalue weighted by molar-refractivity contribution is 7.99. The summed E-state index contributed by atoms with van der Waals surface area (Å²) in [5.74, 6) is 0. The fourth-order valence-corrected chi connectivity index (χ4v) is 3.53. The molecule has 0 aliphatic heterocycles. The van der Waals surface area contributed by atoms with Gasteiger partial charge in [0, 0.05) is 15.7 Å². The second kappa shape index (κ2) is 7.64. The molecule has 0 bridgehead atoms. The lowest BCUT2D eigenvalue weighted by Crippen LogP contribution is -2.18. The molecule has 1 unspecified atom stereocenters. The van der Waals surface area contributed by atoms with Crippen molar-refractivity contribution in [3.8, 4) is 0 Å². The minimum absolute atomic E-state index is 0.211. The quantitative estimate of drug-likeness (QED) is 0.223. The number of thioether (sulfide) groups is 1. The number of nitrogens with one attached hydrogen (secondary N) is 1. The van der Waals surface area contributed by atoms with Crippen molar-refractivity contribution in [1.82, 2.24) is 9.97 Å². The molecule has 1 aromatic heterocycles. The summed E-state index contributed by atoms with van der Waals surface area (Å²) >= 11 is 1.47. The average molecular weight is 365 g/mol. The largest absolute Gasteiger partial charge is 0.301 e. The number of hydrogen-bond acceptors (Lipinski definition) is 4. The molecular formula is C19H19N5OS. The molecule has 0 fully saturated rings. The molecule has 1 N–H and O–H groups in total. The summed E-state index contributed by atoms with van der Waals surface area (Å²) in [6.45, 7) is 5.75. The zero-order valence-electron chi connectivity index (χ0n) is 14.8. The average Bonchev–Trinajstić information content (AvgIpc) is 2.62. The summed E-state index contributed by atoms with van der Waals surface area (Å²) in [7, 11) is 0. The Labute approximate surface area is 155 Å². The van der Waals surface area contributed by atoms with Crippen LogP contribution in [0.15, 0.2) is 57.5 Å². The van der Waals surface area contributed by atoms with E-state index in [9.17, 15) is 4.79 Å². The second-order valence-corrected chi connectivity index (χ2v) is 7.83.